The molecule has 1 aliphatic heterocycles. The molecule has 0 saturated carbocycles. The van der Waals surface area contributed by atoms with Crippen LogP contribution in [0.25, 0.3) is 6.08 Å². The largest absolute Gasteiger partial charge is 0.501 e. The van der Waals surface area contributed by atoms with Gasteiger partial charge in [-0.05, 0) is 43.0 Å². The molecule has 2 rings (SSSR count). The van der Waals surface area contributed by atoms with Gasteiger partial charge in [-0.15, -0.1) is 11.3 Å². The maximum absolute atomic E-state index is 11.6. The highest BCUT2D eigenvalue weighted by atomic mass is 32.1. The van der Waals surface area contributed by atoms with Gasteiger partial charge in [-0.25, -0.2) is 4.79 Å². The molecule has 26 heavy (non-hydrogen) atoms. The van der Waals surface area contributed by atoms with Crippen molar-refractivity contribution < 1.29 is 29.3 Å². The molecular formula is C17H22N2O6S. The summed E-state index contributed by atoms with van der Waals surface area (Å²) in [7, 11) is 0. The van der Waals surface area contributed by atoms with Crippen molar-refractivity contribution in [3.63, 3.8) is 0 Å². The lowest BCUT2D eigenvalue weighted by Crippen LogP contribution is -2.29. The van der Waals surface area contributed by atoms with E-state index in [1.807, 2.05) is 17.5 Å². The SMILES string of the molecule is NCCCC[C@H](N)C(=O)O.O=C(/C=C/c1cccs1)C1=C(O)C(=O)OC1. The summed E-state index contributed by atoms with van der Waals surface area (Å²) in [5.74, 6) is -2.76. The second kappa shape index (κ2) is 11.2. The van der Waals surface area contributed by atoms with Crippen LogP contribution in [0.3, 0.4) is 0 Å². The third-order valence-corrected chi connectivity index (χ3v) is 4.19. The van der Waals surface area contributed by atoms with Crippen molar-refractivity contribution in [1.29, 1.82) is 0 Å². The van der Waals surface area contributed by atoms with E-state index in [0.29, 0.717) is 13.0 Å². The summed E-state index contributed by atoms with van der Waals surface area (Å²) in [6.45, 7) is 0.449. The van der Waals surface area contributed by atoms with Crippen LogP contribution in [0.4, 0.5) is 0 Å². The van der Waals surface area contributed by atoms with Gasteiger partial charge in [0.2, 0.25) is 5.76 Å². The van der Waals surface area contributed by atoms with Gasteiger partial charge in [0, 0.05) is 4.88 Å². The number of carbonyl (C=O) groups excluding carboxylic acids is 2. The van der Waals surface area contributed by atoms with Crippen molar-refractivity contribution in [2.45, 2.75) is 25.3 Å². The summed E-state index contributed by atoms with van der Waals surface area (Å²) in [6, 6.07) is 3.01. The molecule has 0 unspecified atom stereocenters. The summed E-state index contributed by atoms with van der Waals surface area (Å²) in [4.78, 5) is 33.4. The lowest BCUT2D eigenvalue weighted by molar-refractivity contribution is -0.139. The first kappa shape index (κ1) is 21.6. The average Bonchev–Trinajstić information content (AvgIpc) is 3.24. The molecule has 0 spiro atoms. The summed E-state index contributed by atoms with van der Waals surface area (Å²) >= 11 is 1.49. The van der Waals surface area contributed by atoms with Crippen LogP contribution in [0.15, 0.2) is 34.9 Å². The van der Waals surface area contributed by atoms with Gasteiger partial charge < -0.3 is 26.4 Å². The number of hydrogen-bond donors (Lipinski definition) is 4. The lowest BCUT2D eigenvalue weighted by atomic mass is 10.1. The Bertz CT molecular complexity index is 681. The highest BCUT2D eigenvalue weighted by Crippen LogP contribution is 2.16. The summed E-state index contributed by atoms with van der Waals surface area (Å²) in [6.07, 6.45) is 5.12. The number of carbonyl (C=O) groups is 3. The fourth-order valence-electron chi connectivity index (χ4n) is 1.86. The molecule has 8 nitrogen and oxygen atoms in total. The number of allylic oxidation sites excluding steroid dienone is 1. The zero-order chi connectivity index (χ0) is 19.5. The number of carboxylic acid groups (broad SMARTS) is 1. The van der Waals surface area contributed by atoms with E-state index in [2.05, 4.69) is 4.74 Å². The Balaban J connectivity index is 0.000000294. The van der Waals surface area contributed by atoms with Crippen molar-refractivity contribution in [3.8, 4) is 0 Å². The minimum Gasteiger partial charge on any atom is -0.501 e. The van der Waals surface area contributed by atoms with Gasteiger partial charge >= 0.3 is 11.9 Å². The summed E-state index contributed by atoms with van der Waals surface area (Å²) in [5, 5.41) is 19.5. The number of hydrogen-bond acceptors (Lipinski definition) is 8. The fourth-order valence-corrected chi connectivity index (χ4v) is 2.48. The van der Waals surface area contributed by atoms with Gasteiger partial charge in [0.1, 0.15) is 12.6 Å². The number of aliphatic hydroxyl groups is 1. The van der Waals surface area contributed by atoms with E-state index in [1.54, 1.807) is 6.08 Å². The molecule has 0 radical (unpaired) electrons. The smallest absolute Gasteiger partial charge is 0.374 e. The minimum absolute atomic E-state index is 0.0119. The topological polar surface area (TPSA) is 153 Å². The number of thiophene rings is 1. The third kappa shape index (κ3) is 7.18. The van der Waals surface area contributed by atoms with Crippen LogP contribution >= 0.6 is 11.3 Å². The first-order valence-corrected chi connectivity index (χ1v) is 8.78. The monoisotopic (exact) mass is 382 g/mol. The van der Waals surface area contributed by atoms with E-state index in [0.717, 1.165) is 17.7 Å². The standard InChI is InChI=1S/C11H8O4S.C6H14N2O2/c12-9(4-3-7-2-1-5-16-7)8-6-15-11(14)10(8)13;7-4-2-1-3-5(8)6(9)10/h1-5,13H,6H2;5H,1-4,7-8H2,(H,9,10)/b4-3+;/t;5-/m.0/s1. The summed E-state index contributed by atoms with van der Waals surface area (Å²) in [5.41, 5.74) is 10.4. The molecule has 0 saturated heterocycles. The van der Waals surface area contributed by atoms with Gasteiger partial charge in [-0.1, -0.05) is 12.5 Å². The Hall–Kier alpha value is -2.49. The second-order valence-corrected chi connectivity index (χ2v) is 6.32. The van der Waals surface area contributed by atoms with Crippen molar-refractivity contribution >= 4 is 35.1 Å². The highest BCUT2D eigenvalue weighted by molar-refractivity contribution is 7.10. The molecule has 0 aliphatic carbocycles. The van der Waals surface area contributed by atoms with Crippen LogP contribution in [0.2, 0.25) is 0 Å². The van der Waals surface area contributed by atoms with Crippen LogP contribution in [0.5, 0.6) is 0 Å². The Morgan fingerprint density at radius 3 is 2.62 bits per heavy atom. The van der Waals surface area contributed by atoms with E-state index in [9.17, 15) is 19.5 Å². The first-order chi connectivity index (χ1) is 12.4. The quantitative estimate of drug-likeness (QED) is 0.297. The van der Waals surface area contributed by atoms with E-state index >= 15 is 0 Å². The van der Waals surface area contributed by atoms with Crippen molar-refractivity contribution in [2.24, 2.45) is 11.5 Å². The molecule has 1 aliphatic rings. The molecule has 9 heteroatoms. The number of nitrogens with two attached hydrogens (primary N) is 2. The molecule has 0 bridgehead atoms. The number of ether oxygens (including phenoxy) is 1. The Labute approximate surface area is 154 Å². The average molecular weight is 382 g/mol. The molecule has 0 amide bonds. The van der Waals surface area contributed by atoms with Crippen LogP contribution in [-0.4, -0.2) is 47.1 Å². The molecule has 0 fully saturated rings. The molecule has 1 atom stereocenters. The first-order valence-electron chi connectivity index (χ1n) is 7.90. The highest BCUT2D eigenvalue weighted by Gasteiger charge is 2.27. The van der Waals surface area contributed by atoms with Crippen LogP contribution in [-0.2, 0) is 19.1 Å². The number of rotatable bonds is 8. The Morgan fingerprint density at radius 2 is 2.12 bits per heavy atom. The van der Waals surface area contributed by atoms with Crippen LogP contribution in [0.1, 0.15) is 24.1 Å². The van der Waals surface area contributed by atoms with E-state index in [1.165, 1.54) is 17.4 Å². The predicted molar refractivity (Wildman–Crippen MR) is 97.5 cm³/mol. The lowest BCUT2D eigenvalue weighted by Gasteiger charge is -2.03. The molecule has 1 aromatic rings. The van der Waals surface area contributed by atoms with Crippen LogP contribution in [0, 0.1) is 0 Å². The number of esters is 1. The number of aliphatic hydroxyl groups excluding tert-OH is 1. The number of cyclic esters (lactones) is 1. The summed E-state index contributed by atoms with van der Waals surface area (Å²) < 4.78 is 4.52. The van der Waals surface area contributed by atoms with E-state index in [4.69, 9.17) is 16.6 Å². The normalized spacial score (nSPS) is 14.8. The van der Waals surface area contributed by atoms with Gasteiger partial charge in [0.25, 0.3) is 0 Å². The number of carboxylic acids is 1. The number of aliphatic carboxylic acids is 1. The second-order valence-electron chi connectivity index (χ2n) is 5.35. The van der Waals surface area contributed by atoms with Gasteiger partial charge in [-0.3, -0.25) is 9.59 Å². The van der Waals surface area contributed by atoms with E-state index < -0.39 is 29.5 Å². The fraction of sp³-hybridized carbons (Fsp3) is 0.353. The number of unbranched alkanes of at least 4 members (excludes halogenated alkanes) is 1. The molecule has 1 aromatic heterocycles. The van der Waals surface area contributed by atoms with Gasteiger partial charge in [0.05, 0.1) is 5.57 Å². The van der Waals surface area contributed by atoms with Gasteiger partial charge in [-0.2, -0.15) is 0 Å². The Kier molecular flexibility index (Phi) is 9.27. The zero-order valence-corrected chi connectivity index (χ0v) is 14.9. The molecule has 6 N–H and O–H groups in total. The van der Waals surface area contributed by atoms with Crippen molar-refractivity contribution in [2.75, 3.05) is 13.2 Å². The molecular weight excluding hydrogens is 360 g/mol. The Morgan fingerprint density at radius 1 is 1.38 bits per heavy atom. The van der Waals surface area contributed by atoms with Gasteiger partial charge in [0.15, 0.2) is 5.78 Å². The zero-order valence-electron chi connectivity index (χ0n) is 14.1. The maximum Gasteiger partial charge on any atom is 0.374 e. The van der Waals surface area contributed by atoms with Crippen LogP contribution < -0.4 is 11.5 Å². The molecule has 142 valence electrons. The number of ketones is 1. The molecule has 0 aromatic carbocycles. The maximum atomic E-state index is 11.6. The van der Waals surface area contributed by atoms with Crippen molar-refractivity contribution in [3.05, 3.63) is 39.8 Å². The van der Waals surface area contributed by atoms with E-state index in [-0.39, 0.29) is 12.2 Å². The minimum atomic E-state index is -0.933. The third-order valence-electron chi connectivity index (χ3n) is 3.35. The predicted octanol–water partition coefficient (Wildman–Crippen LogP) is 1.23. The van der Waals surface area contributed by atoms with Crippen molar-refractivity contribution in [1.82, 2.24) is 0 Å². The molecule has 2 heterocycles.